The van der Waals surface area contributed by atoms with Crippen molar-refractivity contribution in [1.82, 2.24) is 10.3 Å². The number of hydrogen-bond donors (Lipinski definition) is 1. The van der Waals surface area contributed by atoms with Gasteiger partial charge in [0.1, 0.15) is 5.66 Å². The average molecular weight is 319 g/mol. The number of benzene rings is 1. The van der Waals surface area contributed by atoms with Gasteiger partial charge in [0.25, 0.3) is 0 Å². The lowest BCUT2D eigenvalue weighted by Gasteiger charge is -2.49. The Balaban J connectivity index is 1.86. The molecule has 0 bridgehead atoms. The van der Waals surface area contributed by atoms with Gasteiger partial charge in [-0.1, -0.05) is 38.1 Å². The summed E-state index contributed by atoms with van der Waals surface area (Å²) in [7, 11) is 0. The number of pyridine rings is 1. The van der Waals surface area contributed by atoms with E-state index in [0.717, 1.165) is 12.1 Å². The maximum atomic E-state index is 12.3. The Bertz CT molecular complexity index is 813. The minimum absolute atomic E-state index is 0.103. The first-order chi connectivity index (χ1) is 11.5. The molecule has 4 heteroatoms. The van der Waals surface area contributed by atoms with E-state index < -0.39 is 5.66 Å². The minimum Gasteiger partial charge on any atom is -0.344 e. The number of hydrogen-bond acceptors (Lipinski definition) is 3. The third-order valence-electron chi connectivity index (χ3n) is 5.36. The summed E-state index contributed by atoms with van der Waals surface area (Å²) in [4.78, 5) is 18.7. The molecule has 1 amide bonds. The van der Waals surface area contributed by atoms with E-state index in [1.54, 1.807) is 12.4 Å². The van der Waals surface area contributed by atoms with Gasteiger partial charge in [-0.15, -0.1) is 0 Å². The number of aromatic nitrogens is 1. The Hall–Kier alpha value is -2.62. The molecule has 2 aromatic rings. The Labute approximate surface area is 142 Å². The van der Waals surface area contributed by atoms with Crippen molar-refractivity contribution in [3.63, 3.8) is 0 Å². The second-order valence-corrected chi connectivity index (χ2v) is 6.97. The number of amides is 1. The van der Waals surface area contributed by atoms with Gasteiger partial charge in [0.2, 0.25) is 5.91 Å². The topological polar surface area (TPSA) is 45.2 Å². The molecule has 1 saturated heterocycles. The molecule has 1 aromatic heterocycles. The van der Waals surface area contributed by atoms with Crippen molar-refractivity contribution in [2.75, 3.05) is 11.4 Å². The highest BCUT2D eigenvalue weighted by Gasteiger charge is 2.57. The molecule has 1 unspecified atom stereocenters. The van der Waals surface area contributed by atoms with Crippen LogP contribution in [0.25, 0.3) is 6.08 Å². The SMILES string of the molecule is CC1(C)c2ccccc2N2CCC(=O)NC21/C=C/c1ccncc1. The minimum atomic E-state index is -0.546. The van der Waals surface area contributed by atoms with Gasteiger partial charge in [-0.2, -0.15) is 0 Å². The van der Waals surface area contributed by atoms with Crippen LogP contribution in [0.1, 0.15) is 31.4 Å². The highest BCUT2D eigenvalue weighted by Crippen LogP contribution is 2.52. The van der Waals surface area contributed by atoms with E-state index in [9.17, 15) is 4.79 Å². The Morgan fingerprint density at radius 1 is 1.17 bits per heavy atom. The number of carbonyl (C=O) groups excluding carboxylic acids is 1. The molecule has 0 radical (unpaired) electrons. The van der Waals surface area contributed by atoms with Crippen molar-refractivity contribution in [1.29, 1.82) is 0 Å². The number of carbonyl (C=O) groups is 1. The highest BCUT2D eigenvalue weighted by molar-refractivity contribution is 5.84. The van der Waals surface area contributed by atoms with Gasteiger partial charge in [0.15, 0.2) is 0 Å². The number of rotatable bonds is 2. The maximum Gasteiger partial charge on any atom is 0.223 e. The van der Waals surface area contributed by atoms with Crippen LogP contribution in [0, 0.1) is 0 Å². The fourth-order valence-electron chi connectivity index (χ4n) is 4.01. The van der Waals surface area contributed by atoms with E-state index >= 15 is 0 Å². The first-order valence-corrected chi connectivity index (χ1v) is 8.32. The number of nitrogens with one attached hydrogen (secondary N) is 1. The lowest BCUT2D eigenvalue weighted by atomic mass is 9.74. The van der Waals surface area contributed by atoms with Gasteiger partial charge in [-0.3, -0.25) is 9.78 Å². The molecule has 4 rings (SSSR count). The summed E-state index contributed by atoms with van der Waals surface area (Å²) in [6.45, 7) is 5.13. The summed E-state index contributed by atoms with van der Waals surface area (Å²) in [5, 5.41) is 3.28. The van der Waals surface area contributed by atoms with E-state index in [2.05, 4.69) is 65.5 Å². The fourth-order valence-corrected chi connectivity index (χ4v) is 4.01. The number of fused-ring (bicyclic) bond motifs is 3. The molecule has 1 atom stereocenters. The number of para-hydroxylation sites is 1. The monoisotopic (exact) mass is 319 g/mol. The predicted molar refractivity (Wildman–Crippen MR) is 95.6 cm³/mol. The molecule has 0 spiro atoms. The number of anilines is 1. The third-order valence-corrected chi connectivity index (χ3v) is 5.36. The molecule has 122 valence electrons. The van der Waals surface area contributed by atoms with Crippen LogP contribution in [0.15, 0.2) is 54.9 Å². The van der Waals surface area contributed by atoms with E-state index in [1.807, 2.05) is 12.1 Å². The molecular formula is C20H21N3O. The van der Waals surface area contributed by atoms with Gasteiger partial charge >= 0.3 is 0 Å². The van der Waals surface area contributed by atoms with Crippen LogP contribution in [0.5, 0.6) is 0 Å². The second-order valence-electron chi connectivity index (χ2n) is 6.97. The van der Waals surface area contributed by atoms with Gasteiger partial charge in [-0.05, 0) is 35.4 Å². The summed E-state index contributed by atoms with van der Waals surface area (Å²) in [6, 6.07) is 12.4. The summed E-state index contributed by atoms with van der Waals surface area (Å²) in [5.74, 6) is 0.103. The van der Waals surface area contributed by atoms with Crippen LogP contribution in [0.2, 0.25) is 0 Å². The van der Waals surface area contributed by atoms with Gasteiger partial charge < -0.3 is 10.2 Å². The predicted octanol–water partition coefficient (Wildman–Crippen LogP) is 3.11. The van der Waals surface area contributed by atoms with Gasteiger partial charge in [-0.25, -0.2) is 0 Å². The Morgan fingerprint density at radius 2 is 1.92 bits per heavy atom. The van der Waals surface area contributed by atoms with Crippen molar-refractivity contribution < 1.29 is 4.79 Å². The molecule has 1 N–H and O–H groups in total. The van der Waals surface area contributed by atoms with Crippen LogP contribution in [0.4, 0.5) is 5.69 Å². The van der Waals surface area contributed by atoms with Crippen LogP contribution < -0.4 is 10.2 Å². The van der Waals surface area contributed by atoms with Crippen LogP contribution in [-0.2, 0) is 10.2 Å². The molecule has 2 aliphatic rings. The van der Waals surface area contributed by atoms with Gasteiger partial charge in [0.05, 0.1) is 0 Å². The normalized spacial score (nSPS) is 24.6. The average Bonchev–Trinajstić information content (AvgIpc) is 2.79. The first-order valence-electron chi connectivity index (χ1n) is 8.32. The zero-order valence-corrected chi connectivity index (χ0v) is 14.0. The van der Waals surface area contributed by atoms with Crippen molar-refractivity contribution in [3.05, 3.63) is 66.0 Å². The summed E-state index contributed by atoms with van der Waals surface area (Å²) in [6.07, 6.45) is 8.30. The maximum absolute atomic E-state index is 12.3. The quantitative estimate of drug-likeness (QED) is 0.925. The highest BCUT2D eigenvalue weighted by atomic mass is 16.2. The second kappa shape index (κ2) is 5.20. The molecule has 1 fully saturated rings. The third kappa shape index (κ3) is 1.99. The van der Waals surface area contributed by atoms with Gasteiger partial charge in [0, 0.05) is 36.5 Å². The Kier molecular flexibility index (Phi) is 3.23. The molecule has 3 heterocycles. The van der Waals surface area contributed by atoms with E-state index in [-0.39, 0.29) is 11.3 Å². The van der Waals surface area contributed by atoms with Crippen LogP contribution in [-0.4, -0.2) is 23.1 Å². The Morgan fingerprint density at radius 3 is 2.71 bits per heavy atom. The molecule has 0 saturated carbocycles. The molecule has 24 heavy (non-hydrogen) atoms. The van der Waals surface area contributed by atoms with Crippen molar-refractivity contribution >= 4 is 17.7 Å². The summed E-state index contributed by atoms with van der Waals surface area (Å²) in [5.41, 5.74) is 2.78. The molecule has 1 aromatic carbocycles. The van der Waals surface area contributed by atoms with E-state index in [1.165, 1.54) is 11.3 Å². The van der Waals surface area contributed by atoms with E-state index in [4.69, 9.17) is 0 Å². The van der Waals surface area contributed by atoms with Crippen LogP contribution in [0.3, 0.4) is 0 Å². The zero-order chi connectivity index (χ0) is 16.8. The molecule has 4 nitrogen and oxygen atoms in total. The number of nitrogens with zero attached hydrogens (tertiary/aromatic N) is 2. The van der Waals surface area contributed by atoms with Crippen molar-refractivity contribution in [2.24, 2.45) is 0 Å². The zero-order valence-electron chi connectivity index (χ0n) is 14.0. The fraction of sp³-hybridized carbons (Fsp3) is 0.300. The summed E-state index contributed by atoms with van der Waals surface area (Å²) < 4.78 is 0. The molecular weight excluding hydrogens is 298 g/mol. The lowest BCUT2D eigenvalue weighted by molar-refractivity contribution is -0.124. The largest absolute Gasteiger partial charge is 0.344 e. The lowest BCUT2D eigenvalue weighted by Crippen LogP contribution is -2.68. The smallest absolute Gasteiger partial charge is 0.223 e. The summed E-state index contributed by atoms with van der Waals surface area (Å²) >= 11 is 0. The first kappa shape index (κ1) is 14.9. The van der Waals surface area contributed by atoms with Crippen molar-refractivity contribution in [3.8, 4) is 0 Å². The standard InChI is InChI=1S/C20H21N3O/c1-19(2)16-5-3-4-6-17(16)23-14-10-18(24)22-20(19,23)11-7-15-8-12-21-13-9-15/h3-9,11-13H,10,14H2,1-2H3,(H,22,24)/b11-7+. The molecule has 2 aliphatic heterocycles. The van der Waals surface area contributed by atoms with E-state index in [0.29, 0.717) is 6.42 Å². The van der Waals surface area contributed by atoms with Crippen LogP contribution >= 0.6 is 0 Å². The molecule has 0 aliphatic carbocycles. The van der Waals surface area contributed by atoms with Crippen molar-refractivity contribution in [2.45, 2.75) is 31.3 Å².